The average molecular weight is 777 g/mol. The van der Waals surface area contributed by atoms with Gasteiger partial charge in [-0.1, -0.05) is 131 Å². The van der Waals surface area contributed by atoms with Crippen LogP contribution in [0.2, 0.25) is 0 Å². The highest BCUT2D eigenvalue weighted by Crippen LogP contribution is 2.43. The smallest absolute Gasteiger partial charge is 0.462 e. The van der Waals surface area contributed by atoms with E-state index in [9.17, 15) is 19.0 Å². The maximum atomic E-state index is 12.6. The molecule has 1 unspecified atom stereocenters. The second-order valence-electron chi connectivity index (χ2n) is 14.4. The van der Waals surface area contributed by atoms with Crippen molar-refractivity contribution in [2.24, 2.45) is 0 Å². The molecule has 308 valence electrons. The maximum absolute atomic E-state index is 12.6. The summed E-state index contributed by atoms with van der Waals surface area (Å²) in [6.45, 7) is 4.14. The molecular formula is C44H75NO8P+. The number of esters is 2. The molecule has 54 heavy (non-hydrogen) atoms. The number of rotatable bonds is 35. The van der Waals surface area contributed by atoms with E-state index in [1.165, 1.54) is 19.3 Å². The van der Waals surface area contributed by atoms with Gasteiger partial charge < -0.3 is 18.9 Å². The molecule has 2 atom stereocenters. The van der Waals surface area contributed by atoms with E-state index in [2.05, 4.69) is 68.5 Å². The van der Waals surface area contributed by atoms with Crippen LogP contribution in [0.15, 0.2) is 85.1 Å². The zero-order chi connectivity index (χ0) is 40.0. The Morgan fingerprint density at radius 1 is 0.611 bits per heavy atom. The molecular weight excluding hydrogens is 701 g/mol. The topological polar surface area (TPSA) is 108 Å². The molecule has 0 fully saturated rings. The molecule has 10 heteroatoms. The third kappa shape index (κ3) is 38.9. The molecule has 0 aliphatic carbocycles. The summed E-state index contributed by atoms with van der Waals surface area (Å²) in [7, 11) is 1.42. The number of allylic oxidation sites excluding steroid dienone is 14. The predicted molar refractivity (Wildman–Crippen MR) is 224 cm³/mol. The van der Waals surface area contributed by atoms with Gasteiger partial charge in [0.2, 0.25) is 0 Å². The van der Waals surface area contributed by atoms with Crippen LogP contribution in [0.25, 0.3) is 0 Å². The van der Waals surface area contributed by atoms with E-state index in [4.69, 9.17) is 18.5 Å². The van der Waals surface area contributed by atoms with Crippen molar-refractivity contribution in [3.8, 4) is 0 Å². The molecule has 0 aliphatic heterocycles. The number of hydrogen-bond acceptors (Lipinski definition) is 7. The van der Waals surface area contributed by atoms with Crippen LogP contribution in [-0.4, -0.2) is 74.9 Å². The summed E-state index contributed by atoms with van der Waals surface area (Å²) in [5.41, 5.74) is 0. The molecule has 0 heterocycles. The molecule has 0 bridgehead atoms. The number of hydrogen-bond donors (Lipinski definition) is 1. The highest BCUT2D eigenvalue weighted by molar-refractivity contribution is 7.47. The summed E-state index contributed by atoms with van der Waals surface area (Å²) in [4.78, 5) is 35.3. The van der Waals surface area contributed by atoms with Gasteiger partial charge in [-0.05, 0) is 70.6 Å². The molecule has 0 saturated carbocycles. The molecule has 0 amide bonds. The van der Waals surface area contributed by atoms with Gasteiger partial charge in [-0.3, -0.25) is 18.6 Å². The van der Waals surface area contributed by atoms with Gasteiger partial charge in [0.1, 0.15) is 19.8 Å². The first-order valence-corrected chi connectivity index (χ1v) is 21.9. The zero-order valence-electron chi connectivity index (χ0n) is 34.4. The van der Waals surface area contributed by atoms with Crippen LogP contribution in [0.5, 0.6) is 0 Å². The SMILES string of the molecule is CC/C=C/C=C/C=C/C=C/CCCCCCCC(=O)OC[C@H](COP(=O)(O)OCC[N+](C)(C)C)OC(=O)CCCC/C=C/C/C=C/C/C=C/CCCCC. The fourth-order valence-corrected chi connectivity index (χ4v) is 5.53. The zero-order valence-corrected chi connectivity index (χ0v) is 35.3. The van der Waals surface area contributed by atoms with Crippen LogP contribution in [0, 0.1) is 0 Å². The van der Waals surface area contributed by atoms with Gasteiger partial charge in [-0.2, -0.15) is 0 Å². The van der Waals surface area contributed by atoms with E-state index in [0.717, 1.165) is 70.6 Å². The summed E-state index contributed by atoms with van der Waals surface area (Å²) in [5.74, 6) is -0.882. The minimum Gasteiger partial charge on any atom is -0.462 e. The number of carbonyl (C=O) groups excluding carboxylic acids is 2. The summed E-state index contributed by atoms with van der Waals surface area (Å²) in [5, 5.41) is 0. The first-order valence-electron chi connectivity index (χ1n) is 20.4. The monoisotopic (exact) mass is 777 g/mol. The van der Waals surface area contributed by atoms with Crippen LogP contribution in [0.4, 0.5) is 0 Å². The summed E-state index contributed by atoms with van der Waals surface area (Å²) < 4.78 is 34.1. The number of likely N-dealkylation sites (N-methyl/N-ethyl adjacent to an activating group) is 1. The van der Waals surface area contributed by atoms with E-state index in [1.807, 2.05) is 51.5 Å². The maximum Gasteiger partial charge on any atom is 0.472 e. The summed E-state index contributed by atoms with van der Waals surface area (Å²) in [6.07, 6.45) is 44.9. The van der Waals surface area contributed by atoms with Crippen molar-refractivity contribution < 1.29 is 42.1 Å². The highest BCUT2D eigenvalue weighted by atomic mass is 31.2. The van der Waals surface area contributed by atoms with E-state index in [0.29, 0.717) is 23.9 Å². The van der Waals surface area contributed by atoms with Crippen LogP contribution in [-0.2, 0) is 32.7 Å². The van der Waals surface area contributed by atoms with Gasteiger partial charge in [-0.25, -0.2) is 4.57 Å². The van der Waals surface area contributed by atoms with E-state index in [1.54, 1.807) is 0 Å². The van der Waals surface area contributed by atoms with Gasteiger partial charge in [-0.15, -0.1) is 0 Å². The Balaban J connectivity index is 4.54. The lowest BCUT2D eigenvalue weighted by atomic mass is 10.1. The van der Waals surface area contributed by atoms with Crippen molar-refractivity contribution in [3.05, 3.63) is 85.1 Å². The van der Waals surface area contributed by atoms with Crippen LogP contribution in [0.1, 0.15) is 129 Å². The Morgan fingerprint density at radius 2 is 1.13 bits per heavy atom. The Hall–Kier alpha value is -2.81. The van der Waals surface area contributed by atoms with E-state index in [-0.39, 0.29) is 26.1 Å². The molecule has 0 radical (unpaired) electrons. The predicted octanol–water partition coefficient (Wildman–Crippen LogP) is 11.2. The molecule has 0 spiro atoms. The lowest BCUT2D eigenvalue weighted by Gasteiger charge is -2.24. The number of nitrogens with zero attached hydrogens (tertiary/aromatic N) is 1. The second-order valence-corrected chi connectivity index (χ2v) is 15.8. The van der Waals surface area contributed by atoms with Gasteiger partial charge in [0.05, 0.1) is 27.7 Å². The normalized spacial score (nSPS) is 14.6. The number of ether oxygens (including phenoxy) is 2. The van der Waals surface area contributed by atoms with Crippen LogP contribution >= 0.6 is 7.82 Å². The first kappa shape index (κ1) is 51.2. The van der Waals surface area contributed by atoms with E-state index >= 15 is 0 Å². The number of phosphoric ester groups is 1. The average Bonchev–Trinajstić information content (AvgIpc) is 3.12. The Kier molecular flexibility index (Phi) is 34.0. The van der Waals surface area contributed by atoms with Gasteiger partial charge in [0.25, 0.3) is 0 Å². The fraction of sp³-hybridized carbons (Fsp3) is 0.636. The van der Waals surface area contributed by atoms with Crippen molar-refractivity contribution >= 4 is 19.8 Å². The number of quaternary nitrogens is 1. The third-order valence-electron chi connectivity index (χ3n) is 8.00. The standard InChI is InChI=1S/C44H74NO8P/c1-6-8-10-12-14-16-18-20-22-24-26-28-30-32-34-36-43(46)50-40-42(41-52-54(48,49)51-39-38-45(3,4)5)53-44(47)37-35-33-31-29-27-25-23-21-19-17-15-13-11-9-7-2/h8,10,12,14-18,20-23,27,29,42H,6-7,9,11,13,19,24-26,28,30-41H2,1-5H3/p+1/b10-8+,14-12+,17-15+,18-16+,22-20+,23-21+,29-27+/t42-/m1/s1. The van der Waals surface area contributed by atoms with Gasteiger partial charge in [0.15, 0.2) is 6.10 Å². The van der Waals surface area contributed by atoms with Crippen LogP contribution in [0.3, 0.4) is 0 Å². The van der Waals surface area contributed by atoms with Crippen molar-refractivity contribution in [2.75, 3.05) is 47.5 Å². The molecule has 0 aromatic rings. The minimum absolute atomic E-state index is 0.0152. The molecule has 0 rings (SSSR count). The van der Waals surface area contributed by atoms with Gasteiger partial charge in [0, 0.05) is 12.8 Å². The Labute approximate surface area is 329 Å². The molecule has 9 nitrogen and oxygen atoms in total. The Bertz CT molecular complexity index is 1200. The third-order valence-corrected chi connectivity index (χ3v) is 8.99. The number of phosphoric acid groups is 1. The number of carbonyl (C=O) groups is 2. The van der Waals surface area contributed by atoms with Crippen molar-refractivity contribution in [2.45, 2.75) is 136 Å². The Morgan fingerprint density at radius 3 is 1.78 bits per heavy atom. The summed E-state index contributed by atoms with van der Waals surface area (Å²) in [6, 6.07) is 0. The first-order chi connectivity index (χ1) is 26.0. The molecule has 0 saturated heterocycles. The second kappa shape index (κ2) is 35.9. The van der Waals surface area contributed by atoms with Crippen LogP contribution < -0.4 is 0 Å². The molecule has 1 N–H and O–H groups in total. The van der Waals surface area contributed by atoms with E-state index < -0.39 is 32.5 Å². The lowest BCUT2D eigenvalue weighted by molar-refractivity contribution is -0.870. The van der Waals surface area contributed by atoms with Crippen molar-refractivity contribution in [1.29, 1.82) is 0 Å². The number of unbranched alkanes of at least 4 members (excludes halogenated alkanes) is 10. The van der Waals surface area contributed by atoms with Crippen molar-refractivity contribution in [1.82, 2.24) is 0 Å². The summed E-state index contributed by atoms with van der Waals surface area (Å²) >= 11 is 0. The molecule has 0 aliphatic rings. The highest BCUT2D eigenvalue weighted by Gasteiger charge is 2.27. The lowest BCUT2D eigenvalue weighted by Crippen LogP contribution is -2.37. The quantitative estimate of drug-likeness (QED) is 0.0169. The largest absolute Gasteiger partial charge is 0.472 e. The minimum atomic E-state index is -4.39. The molecule has 0 aromatic carbocycles. The van der Waals surface area contributed by atoms with Crippen molar-refractivity contribution in [3.63, 3.8) is 0 Å². The molecule has 0 aromatic heterocycles. The fourth-order valence-electron chi connectivity index (χ4n) is 4.79. The van der Waals surface area contributed by atoms with Gasteiger partial charge >= 0.3 is 19.8 Å².